The Morgan fingerprint density at radius 3 is 2.52 bits per heavy atom. The molecular formula is C30H41N3O7. The van der Waals surface area contributed by atoms with E-state index in [1.54, 1.807) is 59.1 Å². The van der Waals surface area contributed by atoms with Crippen LogP contribution in [0.25, 0.3) is 0 Å². The molecule has 1 aliphatic rings. The molecule has 2 atom stereocenters. The summed E-state index contributed by atoms with van der Waals surface area (Å²) in [5, 5.41) is 8.94. The molecule has 2 aromatic carbocycles. The van der Waals surface area contributed by atoms with Gasteiger partial charge in [0.2, 0.25) is 5.90 Å². The number of nitrogens with zero attached hydrogens (tertiary/aromatic N) is 1. The molecule has 10 nitrogen and oxygen atoms in total. The number of aliphatic hydroxyl groups is 1. The van der Waals surface area contributed by atoms with Gasteiger partial charge in [-0.25, -0.2) is 10.4 Å². The van der Waals surface area contributed by atoms with Gasteiger partial charge in [0.05, 0.1) is 13.7 Å². The van der Waals surface area contributed by atoms with Gasteiger partial charge in [-0.15, -0.1) is 0 Å². The Kier molecular flexibility index (Phi) is 10.9. The lowest BCUT2D eigenvalue weighted by atomic mass is 9.88. The summed E-state index contributed by atoms with van der Waals surface area (Å²) in [4.78, 5) is 30.9. The van der Waals surface area contributed by atoms with Gasteiger partial charge in [-0.3, -0.25) is 15.0 Å². The molecule has 218 valence electrons. The molecule has 40 heavy (non-hydrogen) atoms. The van der Waals surface area contributed by atoms with Crippen molar-refractivity contribution < 1.29 is 33.6 Å². The van der Waals surface area contributed by atoms with Gasteiger partial charge in [0.15, 0.2) is 5.54 Å². The molecule has 2 aromatic rings. The van der Waals surface area contributed by atoms with Crippen LogP contribution in [0.1, 0.15) is 58.1 Å². The van der Waals surface area contributed by atoms with Gasteiger partial charge in [0, 0.05) is 31.6 Å². The predicted octanol–water partition coefficient (Wildman–Crippen LogP) is 3.35. The van der Waals surface area contributed by atoms with Crippen LogP contribution < -0.4 is 20.3 Å². The van der Waals surface area contributed by atoms with Gasteiger partial charge in [-0.2, -0.15) is 0 Å². The molecule has 0 fully saturated rings. The normalized spacial score (nSPS) is 18.4. The monoisotopic (exact) mass is 555 g/mol. The number of para-hydroxylation sites is 1. The number of methoxy groups -OCH3 is 1. The van der Waals surface area contributed by atoms with Gasteiger partial charge in [-0.1, -0.05) is 18.2 Å². The van der Waals surface area contributed by atoms with E-state index < -0.39 is 29.1 Å². The Morgan fingerprint density at radius 1 is 1.12 bits per heavy atom. The fraction of sp³-hybridized carbons (Fsp3) is 0.500. The number of amides is 1. The van der Waals surface area contributed by atoms with Crippen molar-refractivity contribution in [1.29, 1.82) is 0 Å². The van der Waals surface area contributed by atoms with Gasteiger partial charge in [0.25, 0.3) is 5.91 Å². The lowest BCUT2D eigenvalue weighted by molar-refractivity contribution is -0.155. The molecular weight excluding hydrogens is 514 g/mol. The standard InChI is InChI=1S/C30H41N3O7/c1-21-30(17-15-26(35)40-29(2,3)4,28(36)33-31-18-16-22-9-6-7-10-25(22)37-5)32-27(39-21)23-11-13-24(14-12-23)38-20-8-19-34/h6-7,9-14,21,31,34H,8,15-20H2,1-5H3,(H,33,36)/t21-,30-/m0/s1. The van der Waals surface area contributed by atoms with Crippen LogP contribution in [0.5, 0.6) is 11.5 Å². The first-order chi connectivity index (χ1) is 19.1. The SMILES string of the molecule is COc1ccccc1CCNNC(=O)[C@@]1(CCC(=O)OC(C)(C)C)N=C(c2ccc(OCCCO)cc2)O[C@H]1C. The molecule has 1 aliphatic heterocycles. The lowest BCUT2D eigenvalue weighted by Gasteiger charge is -2.28. The highest BCUT2D eigenvalue weighted by Gasteiger charge is 2.50. The van der Waals surface area contributed by atoms with E-state index in [9.17, 15) is 9.59 Å². The zero-order valence-corrected chi connectivity index (χ0v) is 24.0. The van der Waals surface area contributed by atoms with Crippen LogP contribution in [0.4, 0.5) is 0 Å². The van der Waals surface area contributed by atoms with Crippen LogP contribution in [0, 0.1) is 0 Å². The van der Waals surface area contributed by atoms with Crippen LogP contribution >= 0.6 is 0 Å². The number of ether oxygens (including phenoxy) is 4. The van der Waals surface area contributed by atoms with E-state index in [2.05, 4.69) is 10.9 Å². The van der Waals surface area contributed by atoms with Crippen molar-refractivity contribution in [2.75, 3.05) is 26.9 Å². The topological polar surface area (TPSA) is 128 Å². The number of hydrazine groups is 1. The van der Waals surface area contributed by atoms with Crippen molar-refractivity contribution in [2.45, 2.75) is 70.6 Å². The minimum Gasteiger partial charge on any atom is -0.496 e. The summed E-state index contributed by atoms with van der Waals surface area (Å²) in [6, 6.07) is 14.9. The smallest absolute Gasteiger partial charge is 0.306 e. The number of carbonyl (C=O) groups is 2. The van der Waals surface area contributed by atoms with Gasteiger partial charge < -0.3 is 24.1 Å². The zero-order valence-electron chi connectivity index (χ0n) is 24.0. The van der Waals surface area contributed by atoms with Crippen LogP contribution in [0.3, 0.4) is 0 Å². The highest BCUT2D eigenvalue weighted by molar-refractivity contribution is 6.00. The Hall–Kier alpha value is -3.63. The van der Waals surface area contributed by atoms with Crippen molar-refractivity contribution in [3.8, 4) is 11.5 Å². The second-order valence-electron chi connectivity index (χ2n) is 10.6. The Labute approximate surface area is 236 Å². The maximum atomic E-state index is 13.6. The number of esters is 1. The molecule has 0 saturated heterocycles. The van der Waals surface area contributed by atoms with E-state index in [-0.39, 0.29) is 19.4 Å². The van der Waals surface area contributed by atoms with Crippen molar-refractivity contribution in [1.82, 2.24) is 10.9 Å². The molecule has 0 aliphatic carbocycles. The quantitative estimate of drug-likeness (QED) is 0.184. The molecule has 0 unspecified atom stereocenters. The van der Waals surface area contributed by atoms with E-state index in [0.29, 0.717) is 43.2 Å². The third kappa shape index (κ3) is 8.43. The number of hydrogen-bond donors (Lipinski definition) is 3. The first kappa shape index (κ1) is 30.9. The summed E-state index contributed by atoms with van der Waals surface area (Å²) in [5.41, 5.74) is 5.46. The average molecular weight is 556 g/mol. The number of benzene rings is 2. The minimum absolute atomic E-state index is 0.00593. The van der Waals surface area contributed by atoms with E-state index in [1.807, 2.05) is 24.3 Å². The maximum absolute atomic E-state index is 13.6. The largest absolute Gasteiger partial charge is 0.496 e. The highest BCUT2D eigenvalue weighted by atomic mass is 16.6. The van der Waals surface area contributed by atoms with Gasteiger partial charge in [-0.05, 0) is 76.4 Å². The first-order valence-corrected chi connectivity index (χ1v) is 13.6. The van der Waals surface area contributed by atoms with Crippen molar-refractivity contribution in [3.05, 3.63) is 59.7 Å². The van der Waals surface area contributed by atoms with E-state index in [1.165, 1.54) is 0 Å². The van der Waals surface area contributed by atoms with Crippen molar-refractivity contribution >= 4 is 17.8 Å². The average Bonchev–Trinajstić information content (AvgIpc) is 3.26. The molecule has 3 N–H and O–H groups in total. The molecule has 0 radical (unpaired) electrons. The Morgan fingerprint density at radius 2 is 1.85 bits per heavy atom. The molecule has 3 rings (SSSR count). The number of carbonyl (C=O) groups excluding carboxylic acids is 2. The molecule has 0 bridgehead atoms. The second-order valence-corrected chi connectivity index (χ2v) is 10.6. The van der Waals surface area contributed by atoms with Gasteiger partial charge in [0.1, 0.15) is 23.2 Å². The van der Waals surface area contributed by atoms with Gasteiger partial charge >= 0.3 is 5.97 Å². The highest BCUT2D eigenvalue weighted by Crippen LogP contribution is 2.34. The maximum Gasteiger partial charge on any atom is 0.306 e. The number of aliphatic imine (C=N–C) groups is 1. The third-order valence-corrected chi connectivity index (χ3v) is 6.37. The fourth-order valence-electron chi connectivity index (χ4n) is 4.30. The van der Waals surface area contributed by atoms with Crippen molar-refractivity contribution in [2.24, 2.45) is 4.99 Å². The van der Waals surface area contributed by atoms with Crippen LogP contribution in [-0.2, 0) is 25.5 Å². The molecule has 0 spiro atoms. The zero-order chi connectivity index (χ0) is 29.2. The number of hydrogen-bond acceptors (Lipinski definition) is 9. The summed E-state index contributed by atoms with van der Waals surface area (Å²) in [5.74, 6) is 0.924. The van der Waals surface area contributed by atoms with Crippen LogP contribution in [0.15, 0.2) is 53.5 Å². The summed E-state index contributed by atoms with van der Waals surface area (Å²) in [7, 11) is 1.62. The third-order valence-electron chi connectivity index (χ3n) is 6.37. The molecule has 10 heteroatoms. The second kappa shape index (κ2) is 14.1. The van der Waals surface area contributed by atoms with E-state index >= 15 is 0 Å². The van der Waals surface area contributed by atoms with Crippen LogP contribution in [-0.4, -0.2) is 67.0 Å². The lowest BCUT2D eigenvalue weighted by Crippen LogP contribution is -2.55. The summed E-state index contributed by atoms with van der Waals surface area (Å²) in [6.45, 7) is 8.09. The predicted molar refractivity (Wildman–Crippen MR) is 151 cm³/mol. The summed E-state index contributed by atoms with van der Waals surface area (Å²) >= 11 is 0. The first-order valence-electron chi connectivity index (χ1n) is 13.6. The Bertz CT molecular complexity index is 1160. The summed E-state index contributed by atoms with van der Waals surface area (Å²) < 4.78 is 22.6. The minimum atomic E-state index is -1.35. The Balaban J connectivity index is 1.74. The number of rotatable bonds is 14. The number of nitrogens with one attached hydrogen (secondary N) is 2. The van der Waals surface area contributed by atoms with E-state index in [0.717, 1.165) is 11.3 Å². The van der Waals surface area contributed by atoms with Crippen molar-refractivity contribution in [3.63, 3.8) is 0 Å². The molecule has 1 heterocycles. The number of aliphatic hydroxyl groups excluding tert-OH is 1. The molecule has 1 amide bonds. The fourth-order valence-corrected chi connectivity index (χ4v) is 4.30. The molecule has 0 saturated carbocycles. The molecule has 0 aromatic heterocycles. The van der Waals surface area contributed by atoms with E-state index in [4.69, 9.17) is 29.0 Å². The van der Waals surface area contributed by atoms with Crippen LogP contribution in [0.2, 0.25) is 0 Å². The summed E-state index contributed by atoms with van der Waals surface area (Å²) in [6.07, 6.45) is 0.629.